The van der Waals surface area contributed by atoms with Gasteiger partial charge in [-0.25, -0.2) is 9.97 Å². The summed E-state index contributed by atoms with van der Waals surface area (Å²) in [6.07, 6.45) is 25.3. The number of nitrogens with zero attached hydrogens (tertiary/aromatic N) is 9. The van der Waals surface area contributed by atoms with E-state index in [1.165, 1.54) is 38.8 Å². The van der Waals surface area contributed by atoms with Crippen LogP contribution in [0.4, 0.5) is 0 Å². The van der Waals surface area contributed by atoms with Crippen molar-refractivity contribution in [3.8, 4) is 49.3 Å². The fourth-order valence-electron chi connectivity index (χ4n) is 18.4. The fourth-order valence-corrected chi connectivity index (χ4v) is 21.8. The summed E-state index contributed by atoms with van der Waals surface area (Å²) >= 11 is 18.5. The summed E-state index contributed by atoms with van der Waals surface area (Å²) in [5.41, 5.74) is 30.0. The van der Waals surface area contributed by atoms with Gasteiger partial charge in [-0.2, -0.15) is 24.4 Å². The van der Waals surface area contributed by atoms with Gasteiger partial charge < -0.3 is 60.7 Å². The number of phenols is 1. The number of hydrogen-bond donors (Lipinski definition) is 8. The second-order valence-electron chi connectivity index (χ2n) is 36.3. The molecule has 0 spiro atoms. The van der Waals surface area contributed by atoms with Gasteiger partial charge in [-0.1, -0.05) is 194 Å². The maximum atomic E-state index is 13.6. The number of aromatic nitrogens is 8. The molecule has 754 valence electrons. The quantitative estimate of drug-likeness (QED) is 0.0131. The standard InChI is InChI=1S/C35H35N5O4S.C34H32ClN5O3S.C25H25NO3S2.C21H23N3OS2/c1-36-35(43)26(15-23-7-11-28(41)12-8-23)16-32(42)30-4-2-3-29-31(13-14-44-34(29)30)39-18-27-17-37-21-40(27)20-24-5-9-25(10-6-24)33-19-38-22-45-33;35-26-10-6-22(7-11-26)14-25(34(36)42)15-31(41)29-3-1-2-28-30(12-13-43-33(28)29)39-17-27-16-37-20-40(27)19-23-4-8-24(9-5-23)32-18-38-21-44-32;1-17-5-3-4-6-21(17)23-13-18(7-9-20-15-26-16-31-20)8-10-22(23)24(27)14-19(25(28)29)11-12-30-2;25-21(20-12-22-14-27-20)24(13-18-19(26)8-10-23-18)11-9-16-6-3-5-15-4-1-2-7-17(15)16/h2-12,17,19,21-22,26,31,39,41H,13-16,18,20H2,1H3,(H,36,43);1-11,16,18,20-21,25,30,39H,12-15,17,19H2,(H2,36,42);3-10,13,15-16,19H,11-12,14H2,1-2H3,(H,28,29);1-7,12,14,18-19,23,26H,8-11,13H2/b;;9-7+;/t26-,31?;25-,30?;19-;18-,19-/m1111/s1. The lowest BCUT2D eigenvalue weighted by Crippen LogP contribution is -2.44. The van der Waals surface area contributed by atoms with E-state index in [2.05, 4.69) is 164 Å². The Kier molecular flexibility index (Phi) is 37.9. The number of imidazole rings is 2. The number of para-hydroxylation sites is 2. The topological polar surface area (TPSA) is 343 Å². The van der Waals surface area contributed by atoms with Gasteiger partial charge in [0.05, 0.1) is 92.3 Å². The van der Waals surface area contributed by atoms with Crippen molar-refractivity contribution in [2.24, 2.45) is 23.5 Å². The summed E-state index contributed by atoms with van der Waals surface area (Å²) < 4.78 is 16.4. The van der Waals surface area contributed by atoms with Gasteiger partial charge >= 0.3 is 5.97 Å². The Morgan fingerprint density at radius 3 is 1.68 bits per heavy atom. The van der Waals surface area contributed by atoms with Gasteiger partial charge in [0.2, 0.25) is 11.8 Å². The maximum Gasteiger partial charge on any atom is 0.306 e. The van der Waals surface area contributed by atoms with Crippen LogP contribution in [-0.2, 0) is 59.8 Å². The Morgan fingerprint density at radius 2 is 1.12 bits per heavy atom. The monoisotopic (exact) mass is 2090 g/mol. The van der Waals surface area contributed by atoms with Crippen molar-refractivity contribution in [2.75, 3.05) is 51.9 Å². The number of fused-ring (bicyclic) bond motifs is 3. The van der Waals surface area contributed by atoms with Gasteiger partial charge in [0.1, 0.15) is 22.1 Å². The SMILES string of the molecule is CNC(=O)[C@@H](CC(=O)c1cccc2c1OCCC2NCc1cncn1Cc1ccc(-c2cncs2)cc1)Cc1ccc(O)cc1.CSCC[C@H](CC(=O)c1ccc(/C=C/c2cncs2)cc1-c1ccccc1C)C(=O)O.NC(=O)[C@@H](CC(=O)c1cccc2c1OCCC2NCc1cncn1Cc1ccc(-c2cncs2)cc1)Cc1ccc(Cl)cc1.O=C(c1cncs1)N(CCc1cccc2ccccc12)C[C@H]1NCC[C@H]1S. The number of benzene rings is 10. The van der Waals surface area contributed by atoms with Gasteiger partial charge in [-0.3, -0.25) is 53.5 Å². The lowest BCUT2D eigenvalue weighted by atomic mass is 9.88. The number of primary amides is 1. The number of aliphatic carboxylic acids is 1. The first-order valence-electron chi connectivity index (χ1n) is 48.7. The molecule has 3 aliphatic rings. The van der Waals surface area contributed by atoms with Crippen molar-refractivity contribution in [3.63, 3.8) is 0 Å². The number of thioether (sulfide) groups is 1. The molecule has 7 atom stereocenters. The predicted octanol–water partition coefficient (Wildman–Crippen LogP) is 21.7. The number of aromatic hydroxyl groups is 1. The number of ketones is 3. The molecular formula is C115H115ClN14O11S6. The molecule has 0 bridgehead atoms. The zero-order valence-corrected chi connectivity index (χ0v) is 87.3. The van der Waals surface area contributed by atoms with E-state index in [0.29, 0.717) is 115 Å². The average molecular weight is 2100 g/mol. The average Bonchev–Trinajstić information content (AvgIpc) is 1.72. The van der Waals surface area contributed by atoms with Crippen LogP contribution in [0, 0.1) is 24.7 Å². The zero-order valence-electron chi connectivity index (χ0n) is 81.6. The van der Waals surface area contributed by atoms with Crippen molar-refractivity contribution in [2.45, 2.75) is 121 Å². The van der Waals surface area contributed by atoms with Crippen LogP contribution in [0.2, 0.25) is 5.02 Å². The smallest absolute Gasteiger partial charge is 0.306 e. The Hall–Kier alpha value is -13.7. The number of Topliss-reactive ketones (excluding diaryl/α,β-unsaturated/α-hetero) is 3. The van der Waals surface area contributed by atoms with Crippen LogP contribution < -0.4 is 36.5 Å². The number of hydrogen-bond acceptors (Lipinski definition) is 25. The lowest BCUT2D eigenvalue weighted by Gasteiger charge is -2.28. The van der Waals surface area contributed by atoms with Gasteiger partial charge in [-0.05, 0) is 178 Å². The number of amides is 3. The molecule has 0 radical (unpaired) electrons. The van der Waals surface area contributed by atoms with E-state index >= 15 is 0 Å². The third kappa shape index (κ3) is 28.8. The second kappa shape index (κ2) is 52.6. The van der Waals surface area contributed by atoms with Crippen LogP contribution in [0.1, 0.15) is 164 Å². The summed E-state index contributed by atoms with van der Waals surface area (Å²) in [6.45, 7) is 7.92. The molecule has 147 heavy (non-hydrogen) atoms. The number of carboxylic acid groups (broad SMARTS) is 1. The molecule has 6 aromatic heterocycles. The number of thiazole rings is 4. The third-order valence-electron chi connectivity index (χ3n) is 26.5. The van der Waals surface area contributed by atoms with Gasteiger partial charge in [0.15, 0.2) is 17.3 Å². The number of nitrogens with one attached hydrogen (secondary N) is 4. The van der Waals surface area contributed by atoms with Gasteiger partial charge in [0, 0.05) is 171 Å². The summed E-state index contributed by atoms with van der Waals surface area (Å²) in [7, 11) is 1.58. The molecule has 10 aromatic carbocycles. The highest BCUT2D eigenvalue weighted by atomic mass is 35.5. The molecule has 2 unspecified atom stereocenters. The Morgan fingerprint density at radius 1 is 0.578 bits per heavy atom. The lowest BCUT2D eigenvalue weighted by molar-refractivity contribution is -0.141. The molecule has 3 amide bonds. The van der Waals surface area contributed by atoms with E-state index in [1.54, 1.807) is 119 Å². The summed E-state index contributed by atoms with van der Waals surface area (Å²) in [6, 6.07) is 70.9. The molecule has 32 heteroatoms. The fraction of sp³-hybridized carbons (Fsp3) is 0.261. The third-order valence-corrected chi connectivity index (χ3v) is 31.1. The maximum absolute atomic E-state index is 13.6. The minimum atomic E-state index is -0.913. The molecule has 9 heterocycles. The molecular weight excluding hydrogens is 1980 g/mol. The number of aryl methyl sites for hydroxylation is 1. The van der Waals surface area contributed by atoms with Crippen LogP contribution in [0.5, 0.6) is 17.2 Å². The van der Waals surface area contributed by atoms with Crippen LogP contribution in [-0.4, -0.2) is 158 Å². The minimum Gasteiger partial charge on any atom is -0.508 e. The number of rotatable bonds is 40. The second-order valence-corrected chi connectivity index (χ2v) is 42.0. The van der Waals surface area contributed by atoms with E-state index in [9.17, 15) is 43.8 Å². The van der Waals surface area contributed by atoms with Gasteiger partial charge in [-0.15, -0.1) is 45.3 Å². The Bertz CT molecular complexity index is 7130. The number of ether oxygens (including phenoxy) is 2. The first-order chi connectivity index (χ1) is 71.6. The highest BCUT2D eigenvalue weighted by molar-refractivity contribution is 7.98. The molecule has 1 fully saturated rings. The molecule has 1 saturated heterocycles. The molecule has 3 aliphatic heterocycles. The van der Waals surface area contributed by atoms with E-state index < -0.39 is 29.6 Å². The predicted molar refractivity (Wildman–Crippen MR) is 591 cm³/mol. The van der Waals surface area contributed by atoms with Crippen molar-refractivity contribution < 1.29 is 53.2 Å². The minimum absolute atomic E-state index is 0.000245. The molecule has 16 aromatic rings. The number of carboxylic acids is 1. The summed E-state index contributed by atoms with van der Waals surface area (Å²) in [5, 5.41) is 36.1. The number of halogens is 1. The van der Waals surface area contributed by atoms with Crippen LogP contribution in [0.25, 0.3) is 54.9 Å². The van der Waals surface area contributed by atoms with Crippen molar-refractivity contribution in [1.29, 1.82) is 0 Å². The van der Waals surface area contributed by atoms with Crippen LogP contribution in [0.15, 0.2) is 290 Å². The van der Waals surface area contributed by atoms with E-state index in [0.717, 1.165) is 120 Å². The molecule has 8 N–H and O–H groups in total. The zero-order chi connectivity index (χ0) is 102. The first kappa shape index (κ1) is 106. The summed E-state index contributed by atoms with van der Waals surface area (Å²) in [5.74, 6) is -1.83. The summed E-state index contributed by atoms with van der Waals surface area (Å²) in [4.78, 5) is 121. The molecule has 0 aliphatic carbocycles. The number of phenolic OH excluding ortho intramolecular Hbond substituents is 1. The number of thiol groups is 1. The normalized spacial score (nSPS) is 15.1. The van der Waals surface area contributed by atoms with Crippen molar-refractivity contribution >= 4 is 145 Å². The highest BCUT2D eigenvalue weighted by Crippen LogP contribution is 2.41. The van der Waals surface area contributed by atoms with Gasteiger partial charge in [0.25, 0.3) is 5.91 Å². The number of carbonyl (C=O) groups excluding carboxylic acids is 6. The number of carbonyl (C=O) groups is 7. The molecule has 19 rings (SSSR count). The van der Waals surface area contributed by atoms with Crippen LogP contribution >= 0.6 is 81.3 Å². The van der Waals surface area contributed by atoms with E-state index in [4.69, 9.17) is 26.8 Å². The van der Waals surface area contributed by atoms with Crippen molar-refractivity contribution in [1.82, 2.24) is 65.2 Å². The Labute approximate surface area is 885 Å². The van der Waals surface area contributed by atoms with E-state index in [-0.39, 0.29) is 72.3 Å². The first-order valence-corrected chi connectivity index (χ1v) is 54.5. The highest BCUT2D eigenvalue weighted by Gasteiger charge is 2.34. The van der Waals surface area contributed by atoms with Crippen LogP contribution in [0.3, 0.4) is 0 Å². The van der Waals surface area contributed by atoms with Crippen molar-refractivity contribution in [3.05, 3.63) is 383 Å². The Balaban J connectivity index is 0.000000143. The number of nitrogens with two attached hydrogens (primary N) is 1. The molecule has 0 saturated carbocycles. The largest absolute Gasteiger partial charge is 0.508 e. The molecule has 25 nitrogen and oxygen atoms in total. The van der Waals surface area contributed by atoms with E-state index in [1.807, 2.05) is 164 Å².